The van der Waals surface area contributed by atoms with Crippen LogP contribution in [-0.2, 0) is 51.0 Å². The van der Waals surface area contributed by atoms with Crippen LogP contribution in [0.4, 0.5) is 0 Å². The fourth-order valence-electron chi connectivity index (χ4n) is 6.02. The van der Waals surface area contributed by atoms with Crippen LogP contribution in [0, 0.1) is 11.3 Å². The van der Waals surface area contributed by atoms with Gasteiger partial charge in [-0.15, -0.1) is 0 Å². The lowest BCUT2D eigenvalue weighted by molar-refractivity contribution is 0.00206. The monoisotopic (exact) mass is 691 g/mol. The highest BCUT2D eigenvalue weighted by molar-refractivity contribution is 5.90. The number of nitriles is 1. The fraction of sp³-hybridized carbons (Fsp3) is 0.564. The van der Waals surface area contributed by atoms with Gasteiger partial charge in [-0.3, -0.25) is 9.80 Å². The molecule has 2 aliphatic heterocycles. The molecule has 272 valence electrons. The van der Waals surface area contributed by atoms with E-state index >= 15 is 0 Å². The first-order valence-electron chi connectivity index (χ1n) is 17.9. The van der Waals surface area contributed by atoms with Crippen LogP contribution in [0.3, 0.4) is 0 Å². The first kappa shape index (κ1) is 38.2. The van der Waals surface area contributed by atoms with Gasteiger partial charge in [-0.25, -0.2) is 0 Å². The maximum atomic E-state index is 9.86. The van der Waals surface area contributed by atoms with Gasteiger partial charge in [0.1, 0.15) is 0 Å². The largest absolute Gasteiger partial charge is 0.378 e. The number of nitrogens with zero attached hydrogens (tertiary/aromatic N) is 3. The normalized spacial score (nSPS) is 20.1. The summed E-state index contributed by atoms with van der Waals surface area (Å²) in [5.74, 6) is 0. The van der Waals surface area contributed by atoms with E-state index in [-0.39, 0.29) is 0 Å². The van der Waals surface area contributed by atoms with Crippen LogP contribution >= 0.6 is 0 Å². The second-order valence-corrected chi connectivity index (χ2v) is 12.3. The Labute approximate surface area is 296 Å². The van der Waals surface area contributed by atoms with E-state index in [0.717, 1.165) is 49.4 Å². The molecule has 0 saturated carbocycles. The van der Waals surface area contributed by atoms with Gasteiger partial charge < -0.3 is 37.9 Å². The highest BCUT2D eigenvalue weighted by Crippen LogP contribution is 2.31. The first-order chi connectivity index (χ1) is 24.8. The average Bonchev–Trinajstić information content (AvgIpc) is 3.16. The maximum absolute atomic E-state index is 9.86. The molecular formula is C39H53N3O8. The molecule has 0 bridgehead atoms. The van der Waals surface area contributed by atoms with Crippen molar-refractivity contribution in [3.8, 4) is 17.2 Å². The second-order valence-electron chi connectivity index (χ2n) is 12.3. The van der Waals surface area contributed by atoms with Gasteiger partial charge in [0.2, 0.25) is 0 Å². The lowest BCUT2D eigenvalue weighted by Crippen LogP contribution is -2.31. The third-order valence-electron chi connectivity index (χ3n) is 8.75. The van der Waals surface area contributed by atoms with Crippen LogP contribution < -0.4 is 0 Å². The molecule has 0 atom stereocenters. The number of fused-ring (bicyclic) bond motifs is 1. The zero-order valence-corrected chi connectivity index (χ0v) is 29.4. The minimum absolute atomic E-state index is 0.549. The Balaban J connectivity index is 1.34. The van der Waals surface area contributed by atoms with E-state index in [1.54, 1.807) is 0 Å². The van der Waals surface area contributed by atoms with Crippen LogP contribution in [0.1, 0.15) is 16.7 Å². The Hall–Kier alpha value is -2.99. The van der Waals surface area contributed by atoms with Crippen molar-refractivity contribution in [1.29, 1.82) is 5.26 Å². The van der Waals surface area contributed by atoms with Crippen molar-refractivity contribution in [2.45, 2.75) is 13.1 Å². The van der Waals surface area contributed by atoms with Gasteiger partial charge in [0.25, 0.3) is 0 Å². The van der Waals surface area contributed by atoms with Crippen molar-refractivity contribution < 1.29 is 37.9 Å². The van der Waals surface area contributed by atoms with E-state index in [0.29, 0.717) is 118 Å². The quantitative estimate of drug-likeness (QED) is 0.386. The van der Waals surface area contributed by atoms with E-state index in [2.05, 4.69) is 58.3 Å². The Morgan fingerprint density at radius 1 is 0.480 bits per heavy atom. The van der Waals surface area contributed by atoms with Crippen molar-refractivity contribution in [2.75, 3.05) is 132 Å². The molecule has 3 aromatic carbocycles. The molecule has 5 rings (SSSR count). The summed E-state index contributed by atoms with van der Waals surface area (Å²) in [6, 6.07) is 21.5. The molecular weight excluding hydrogens is 638 g/mol. The van der Waals surface area contributed by atoms with Gasteiger partial charge in [-0.05, 0) is 51.2 Å². The standard InChI is InChI=1S/C39H53N3O8/c40-30-33-4-5-37(32-42-10-14-45-18-22-49-26-27-50-23-19-46-15-11-42)38(28-33)35-7-6-34-2-1-3-36(39(34)29-35)31-41-8-12-43-16-20-47-24-25-48-21-17-44-13-9-41/h1-7,28-29H,8-27,31-32H2. The summed E-state index contributed by atoms with van der Waals surface area (Å²) >= 11 is 0. The first-order valence-corrected chi connectivity index (χ1v) is 17.9. The number of benzene rings is 3. The van der Waals surface area contributed by atoms with Gasteiger partial charge in [0.15, 0.2) is 0 Å². The summed E-state index contributed by atoms with van der Waals surface area (Å²) in [6.07, 6.45) is 0. The van der Waals surface area contributed by atoms with Crippen molar-refractivity contribution in [3.63, 3.8) is 0 Å². The Kier molecular flexibility index (Phi) is 17.4. The second kappa shape index (κ2) is 22.7. The molecule has 2 fully saturated rings. The molecule has 0 unspecified atom stereocenters. The summed E-state index contributed by atoms with van der Waals surface area (Å²) < 4.78 is 45.9. The lowest BCUT2D eigenvalue weighted by atomic mass is 9.93. The van der Waals surface area contributed by atoms with E-state index in [4.69, 9.17) is 37.9 Å². The van der Waals surface area contributed by atoms with Crippen molar-refractivity contribution in [2.24, 2.45) is 0 Å². The Bertz CT molecular complexity index is 1420. The molecule has 2 saturated heterocycles. The molecule has 0 N–H and O–H groups in total. The zero-order chi connectivity index (χ0) is 34.5. The van der Waals surface area contributed by atoms with Crippen LogP contribution in [0.5, 0.6) is 0 Å². The molecule has 0 spiro atoms. The molecule has 2 aliphatic rings. The molecule has 0 aromatic heterocycles. The molecule has 3 aromatic rings. The predicted molar refractivity (Wildman–Crippen MR) is 191 cm³/mol. The summed E-state index contributed by atoms with van der Waals surface area (Å²) in [4.78, 5) is 4.73. The summed E-state index contributed by atoms with van der Waals surface area (Å²) in [6.45, 7) is 13.7. The highest BCUT2D eigenvalue weighted by Gasteiger charge is 2.15. The smallest absolute Gasteiger partial charge is 0.0991 e. The molecule has 0 amide bonds. The van der Waals surface area contributed by atoms with E-state index in [9.17, 15) is 5.26 Å². The SMILES string of the molecule is N#Cc1ccc(CN2CCOCCOCCOCCOCC2)c(-c2ccc3cccc(CN4CCOCCOCCOCCOCC4)c3c2)c1. The van der Waals surface area contributed by atoms with Crippen LogP contribution in [-0.4, -0.2) is 142 Å². The van der Waals surface area contributed by atoms with E-state index < -0.39 is 0 Å². The Morgan fingerprint density at radius 2 is 0.940 bits per heavy atom. The van der Waals surface area contributed by atoms with E-state index in [1.165, 1.54) is 16.3 Å². The fourth-order valence-corrected chi connectivity index (χ4v) is 6.02. The number of hydrogen-bond donors (Lipinski definition) is 0. The minimum atomic E-state index is 0.549. The van der Waals surface area contributed by atoms with Gasteiger partial charge in [-0.2, -0.15) is 5.26 Å². The summed E-state index contributed by atoms with van der Waals surface area (Å²) in [7, 11) is 0. The summed E-state index contributed by atoms with van der Waals surface area (Å²) in [5.41, 5.74) is 5.16. The molecule has 2 heterocycles. The minimum Gasteiger partial charge on any atom is -0.378 e. The van der Waals surface area contributed by atoms with Gasteiger partial charge in [0.05, 0.1) is 117 Å². The van der Waals surface area contributed by atoms with Gasteiger partial charge >= 0.3 is 0 Å². The van der Waals surface area contributed by atoms with Crippen LogP contribution in [0.2, 0.25) is 0 Å². The number of hydrogen-bond acceptors (Lipinski definition) is 11. The van der Waals surface area contributed by atoms with Gasteiger partial charge in [0, 0.05) is 39.3 Å². The zero-order valence-electron chi connectivity index (χ0n) is 29.4. The lowest BCUT2D eigenvalue weighted by Gasteiger charge is -2.24. The molecule has 0 radical (unpaired) electrons. The molecule has 11 heteroatoms. The highest BCUT2D eigenvalue weighted by atomic mass is 16.6. The number of rotatable bonds is 5. The molecule has 0 aliphatic carbocycles. The molecule has 50 heavy (non-hydrogen) atoms. The predicted octanol–water partition coefficient (Wildman–Crippen LogP) is 4.14. The topological polar surface area (TPSA) is 104 Å². The molecule has 11 nitrogen and oxygen atoms in total. The third kappa shape index (κ3) is 13.3. The van der Waals surface area contributed by atoms with Crippen molar-refractivity contribution in [3.05, 3.63) is 71.3 Å². The Morgan fingerprint density at radius 3 is 1.42 bits per heavy atom. The van der Waals surface area contributed by atoms with Crippen molar-refractivity contribution >= 4 is 10.8 Å². The van der Waals surface area contributed by atoms with Crippen molar-refractivity contribution in [1.82, 2.24) is 9.80 Å². The summed E-state index contributed by atoms with van der Waals surface area (Å²) in [5, 5.41) is 12.2. The average molecular weight is 692 g/mol. The van der Waals surface area contributed by atoms with Crippen LogP contribution in [0.15, 0.2) is 54.6 Å². The van der Waals surface area contributed by atoms with Crippen LogP contribution in [0.25, 0.3) is 21.9 Å². The van der Waals surface area contributed by atoms with Gasteiger partial charge in [-0.1, -0.05) is 36.4 Å². The maximum Gasteiger partial charge on any atom is 0.0991 e. The number of ether oxygens (including phenoxy) is 8. The van der Waals surface area contributed by atoms with E-state index in [1.807, 2.05) is 12.1 Å². The third-order valence-corrected chi connectivity index (χ3v) is 8.75.